The van der Waals surface area contributed by atoms with Gasteiger partial charge in [0.05, 0.1) is 38.1 Å². The number of nitrogens with zero attached hydrogens (tertiary/aromatic N) is 11. The number of nitrogens with one attached hydrogen (secondary N) is 2. The molecule has 0 unspecified atom stereocenters. The summed E-state index contributed by atoms with van der Waals surface area (Å²) >= 11 is 5.53. The van der Waals surface area contributed by atoms with Gasteiger partial charge in [0.15, 0.2) is 5.52 Å². The number of rotatable bonds is 10. The van der Waals surface area contributed by atoms with E-state index in [9.17, 15) is 20.8 Å². The first-order valence-electron chi connectivity index (χ1n) is 19.2. The van der Waals surface area contributed by atoms with Crippen molar-refractivity contribution in [2.45, 2.75) is 33.6 Å². The fraction of sp³-hybridized carbons (Fsp3) is 0.447. The minimum Gasteiger partial charge on any atom is -0.739 e. The number of hydrogen-bond donors (Lipinski definition) is 2. The van der Waals surface area contributed by atoms with Gasteiger partial charge in [-0.1, -0.05) is 18.2 Å². The zero-order valence-corrected chi connectivity index (χ0v) is 33.6. The quantitative estimate of drug-likeness (QED) is 0.115. The van der Waals surface area contributed by atoms with Crippen molar-refractivity contribution in [2.24, 2.45) is 0 Å². The van der Waals surface area contributed by atoms with E-state index in [2.05, 4.69) is 45.7 Å². The van der Waals surface area contributed by atoms with E-state index in [1.165, 1.54) is 0 Å². The number of hydrogen-bond acceptors (Lipinski definition) is 15. The number of halogens is 1. The minimum absolute atomic E-state index is 0.0342. The van der Waals surface area contributed by atoms with Crippen LogP contribution in [0, 0.1) is 41.6 Å². The van der Waals surface area contributed by atoms with Crippen LogP contribution in [0.3, 0.4) is 0 Å². The van der Waals surface area contributed by atoms with Crippen molar-refractivity contribution in [2.75, 3.05) is 89.4 Å². The van der Waals surface area contributed by atoms with Crippen molar-refractivity contribution in [3.8, 4) is 0 Å². The Hall–Kier alpha value is -5.60. The molecule has 0 bridgehead atoms. The lowest BCUT2D eigenvalue weighted by Crippen LogP contribution is -2.44. The minimum atomic E-state index is -0.0342. The Morgan fingerprint density at radius 1 is 0.603 bits per heavy atom. The maximum Gasteiger partial charge on any atom is 0.460 e. The van der Waals surface area contributed by atoms with Crippen LogP contribution in [0.25, 0.3) is 33.1 Å². The molecule has 0 radical (unpaired) electrons. The molecular formula is C38H48ClN13O6. The Morgan fingerprint density at radius 2 is 1.09 bits per heavy atom. The van der Waals surface area contributed by atoms with E-state index in [0.717, 1.165) is 102 Å². The summed E-state index contributed by atoms with van der Waals surface area (Å²) < 4.78 is 11.3. The molecule has 58 heavy (non-hydrogen) atoms. The van der Waals surface area contributed by atoms with Crippen molar-refractivity contribution >= 4 is 56.6 Å². The molecular weight excluding hydrogens is 770 g/mol. The van der Waals surface area contributed by atoms with Crippen LogP contribution in [0.5, 0.6) is 0 Å². The molecule has 20 heteroatoms. The predicted molar refractivity (Wildman–Crippen MR) is 217 cm³/mol. The van der Waals surface area contributed by atoms with E-state index in [-0.39, 0.29) is 16.7 Å². The standard InChI is InChI=1S/C15H21N5O3.C15H21N5O2.C8H6ClN3O/c1-12-3-4-13-14(11-12)19(21)15(17-20(13)22)16-5-2-6-18-7-9-23-10-8-18;1-12-3-4-14-13(11-12)17-15(18-20(14)21)16-5-2-6-19-7-9-22-10-8-19;1-5-2-3-7-6(4-5)10-8(9)11-12(7)13/h3-4,11H,2,5-10H2,1H3,(H,16,17);3-4,11H,2,5-10H2,1H3,(H,16,17,18);2-4H,1H3. The molecule has 3 aromatic heterocycles. The third-order valence-corrected chi connectivity index (χ3v) is 9.64. The Morgan fingerprint density at radius 3 is 1.67 bits per heavy atom. The molecule has 2 aliphatic rings. The van der Waals surface area contributed by atoms with Crippen molar-refractivity contribution in [3.63, 3.8) is 0 Å². The average Bonchev–Trinajstić information content (AvgIpc) is 3.21. The van der Waals surface area contributed by atoms with Crippen LogP contribution < -0.4 is 29.9 Å². The zero-order chi connectivity index (χ0) is 41.0. The topological polar surface area (TPSA) is 221 Å². The van der Waals surface area contributed by atoms with Gasteiger partial charge in [-0.2, -0.15) is 0 Å². The summed E-state index contributed by atoms with van der Waals surface area (Å²) in [6.07, 6.45) is 1.85. The largest absolute Gasteiger partial charge is 0.739 e. The molecule has 8 rings (SSSR count). The second kappa shape index (κ2) is 20.2. The molecule has 2 N–H and O–H groups in total. The number of anilines is 2. The highest BCUT2D eigenvalue weighted by Crippen LogP contribution is 2.13. The molecule has 19 nitrogen and oxygen atoms in total. The summed E-state index contributed by atoms with van der Waals surface area (Å²) in [5.41, 5.74) is 5.77. The van der Waals surface area contributed by atoms with Gasteiger partial charge in [-0.15, -0.1) is 0 Å². The summed E-state index contributed by atoms with van der Waals surface area (Å²) in [5.74, 6) is 0.426. The van der Waals surface area contributed by atoms with Gasteiger partial charge in [-0.3, -0.25) is 15.1 Å². The number of aromatic nitrogens is 9. The lowest BCUT2D eigenvalue weighted by Gasteiger charge is -2.26. The Labute approximate surface area is 340 Å². The molecule has 0 atom stereocenters. The SMILES string of the molecule is Cc1ccc2c(c1)[n+]([O-])c(NCCCN1CCOCC1)n[n+]2[O-].Cc1ccc2c(c1)nc(Cl)n[n+]2[O-].Cc1ccc2c(c1)nc(NCCCN1CCOCC1)n[n+]2[O-]. The van der Waals surface area contributed by atoms with E-state index < -0.39 is 0 Å². The van der Waals surface area contributed by atoms with E-state index in [0.29, 0.717) is 59.3 Å². The van der Waals surface area contributed by atoms with E-state index >= 15 is 0 Å². The molecule has 0 amide bonds. The van der Waals surface area contributed by atoms with Crippen molar-refractivity contribution in [1.29, 1.82) is 0 Å². The molecule has 308 valence electrons. The molecule has 0 spiro atoms. The van der Waals surface area contributed by atoms with Crippen LogP contribution in [-0.2, 0) is 9.47 Å². The van der Waals surface area contributed by atoms with Gasteiger partial charge in [0.25, 0.3) is 27.8 Å². The summed E-state index contributed by atoms with van der Waals surface area (Å²) in [5, 5.41) is 64.6. The molecule has 0 saturated carbocycles. The smallest absolute Gasteiger partial charge is 0.460 e. The first-order valence-corrected chi connectivity index (χ1v) is 19.6. The van der Waals surface area contributed by atoms with Crippen LogP contribution in [0.15, 0.2) is 54.6 Å². The van der Waals surface area contributed by atoms with Gasteiger partial charge in [-0.05, 0) is 96.3 Å². The first-order chi connectivity index (χ1) is 28.0. The predicted octanol–water partition coefficient (Wildman–Crippen LogP) is 1.88. The average molecular weight is 818 g/mol. The fourth-order valence-electron chi connectivity index (χ4n) is 6.39. The number of aryl methyl sites for hydroxylation is 3. The molecule has 0 aliphatic carbocycles. The second-order valence-corrected chi connectivity index (χ2v) is 14.3. The summed E-state index contributed by atoms with van der Waals surface area (Å²) in [6.45, 7) is 16.1. The third-order valence-electron chi connectivity index (χ3n) is 9.48. The Bertz CT molecular complexity index is 2310. The monoisotopic (exact) mass is 817 g/mol. The van der Waals surface area contributed by atoms with Crippen LogP contribution in [0.2, 0.25) is 5.28 Å². The van der Waals surface area contributed by atoms with Crippen LogP contribution in [0.1, 0.15) is 29.5 Å². The number of morpholine rings is 2. The number of benzene rings is 3. The van der Waals surface area contributed by atoms with Crippen molar-refractivity contribution in [1.82, 2.24) is 35.1 Å². The maximum absolute atomic E-state index is 12.3. The van der Waals surface area contributed by atoms with Gasteiger partial charge in [0.1, 0.15) is 11.0 Å². The highest BCUT2D eigenvalue weighted by molar-refractivity contribution is 6.28. The normalized spacial score (nSPS) is 14.8. The molecule has 3 aromatic carbocycles. The third kappa shape index (κ3) is 11.5. The molecule has 5 heterocycles. The highest BCUT2D eigenvalue weighted by Gasteiger charge is 2.20. The lowest BCUT2D eigenvalue weighted by molar-refractivity contribution is -0.672. The van der Waals surface area contributed by atoms with Crippen molar-refractivity contribution in [3.05, 3.63) is 97.4 Å². The molecule has 2 aliphatic heterocycles. The Kier molecular flexibility index (Phi) is 14.6. The molecule has 2 fully saturated rings. The first kappa shape index (κ1) is 42.0. The van der Waals surface area contributed by atoms with E-state index in [4.69, 9.17) is 21.1 Å². The summed E-state index contributed by atoms with van der Waals surface area (Å²) in [6, 6.07) is 15.9. The van der Waals surface area contributed by atoms with Crippen LogP contribution >= 0.6 is 11.6 Å². The second-order valence-electron chi connectivity index (χ2n) is 14.0. The zero-order valence-electron chi connectivity index (χ0n) is 32.8. The lowest BCUT2D eigenvalue weighted by atomic mass is 10.2. The fourth-order valence-corrected chi connectivity index (χ4v) is 6.55. The van der Waals surface area contributed by atoms with Gasteiger partial charge >= 0.3 is 5.95 Å². The molecule has 2 saturated heterocycles. The molecule has 6 aromatic rings. The van der Waals surface area contributed by atoms with Gasteiger partial charge in [-0.25, -0.2) is 14.7 Å². The maximum atomic E-state index is 12.3. The van der Waals surface area contributed by atoms with Crippen LogP contribution in [0.4, 0.5) is 11.9 Å². The van der Waals surface area contributed by atoms with Crippen molar-refractivity contribution < 1.29 is 28.7 Å². The number of fused-ring (bicyclic) bond motifs is 3. The summed E-state index contributed by atoms with van der Waals surface area (Å²) in [4.78, 5) is 14.6. The van der Waals surface area contributed by atoms with E-state index in [1.54, 1.807) is 36.4 Å². The highest BCUT2D eigenvalue weighted by atomic mass is 35.5. The summed E-state index contributed by atoms with van der Waals surface area (Å²) in [7, 11) is 0. The van der Waals surface area contributed by atoms with Gasteiger partial charge in [0.2, 0.25) is 5.10 Å². The van der Waals surface area contributed by atoms with Gasteiger partial charge in [0, 0.05) is 67.4 Å². The Balaban J connectivity index is 0.000000152. The number of ether oxygens (including phenoxy) is 2. The van der Waals surface area contributed by atoms with Crippen LogP contribution in [-0.4, -0.2) is 114 Å². The van der Waals surface area contributed by atoms with E-state index in [1.807, 2.05) is 39.0 Å². The van der Waals surface area contributed by atoms with Gasteiger partial charge < -0.3 is 35.6 Å².